The number of nitrogens with one attached hydrogen (secondary N) is 1. The van der Waals surface area contributed by atoms with E-state index >= 15 is 0 Å². The van der Waals surface area contributed by atoms with Gasteiger partial charge in [0.15, 0.2) is 5.82 Å². The Balaban J connectivity index is 2.19. The quantitative estimate of drug-likeness (QED) is 0.705. The summed E-state index contributed by atoms with van der Waals surface area (Å²) in [5.41, 5.74) is 9.35. The van der Waals surface area contributed by atoms with E-state index in [2.05, 4.69) is 25.1 Å². The molecule has 3 rings (SSSR count). The number of hydrogen-bond acceptors (Lipinski definition) is 5. The molecule has 3 N–H and O–H groups in total. The third-order valence-electron chi connectivity index (χ3n) is 2.61. The number of nitrogens with two attached hydrogens (primary N) is 1. The second-order valence-electron chi connectivity index (χ2n) is 3.72. The molecular formula is C12H10N6. The molecule has 6 nitrogen and oxygen atoms in total. The molecule has 0 radical (unpaired) electrons. The molecule has 0 saturated carbocycles. The molecule has 0 aromatic carbocycles. The van der Waals surface area contributed by atoms with Gasteiger partial charge < -0.3 is 5.73 Å². The molecule has 0 bridgehead atoms. The molecule has 0 atom stereocenters. The van der Waals surface area contributed by atoms with E-state index in [1.807, 2.05) is 12.1 Å². The van der Waals surface area contributed by atoms with Gasteiger partial charge in [0, 0.05) is 30.4 Å². The first-order chi connectivity index (χ1) is 8.86. The van der Waals surface area contributed by atoms with E-state index < -0.39 is 0 Å². The predicted molar refractivity (Wildman–Crippen MR) is 67.3 cm³/mol. The number of aromatic amines is 1. The summed E-state index contributed by atoms with van der Waals surface area (Å²) in [5, 5.41) is 6.96. The molecular weight excluding hydrogens is 228 g/mol. The molecule has 0 unspecified atom stereocenters. The lowest BCUT2D eigenvalue weighted by Crippen LogP contribution is -1.89. The lowest BCUT2D eigenvalue weighted by molar-refractivity contribution is 1.09. The van der Waals surface area contributed by atoms with E-state index in [0.29, 0.717) is 5.82 Å². The normalized spacial score (nSPS) is 10.4. The molecule has 3 aromatic rings. The van der Waals surface area contributed by atoms with Crippen LogP contribution >= 0.6 is 0 Å². The van der Waals surface area contributed by atoms with Gasteiger partial charge in [0.05, 0.1) is 11.3 Å². The fourth-order valence-electron chi connectivity index (χ4n) is 1.80. The second-order valence-corrected chi connectivity index (χ2v) is 3.72. The Morgan fingerprint density at radius 2 is 1.67 bits per heavy atom. The van der Waals surface area contributed by atoms with Gasteiger partial charge in [-0.25, -0.2) is 9.97 Å². The summed E-state index contributed by atoms with van der Waals surface area (Å²) < 4.78 is 0. The lowest BCUT2D eigenvalue weighted by atomic mass is 10.0. The second kappa shape index (κ2) is 4.25. The Morgan fingerprint density at radius 3 is 2.39 bits per heavy atom. The number of rotatable bonds is 2. The van der Waals surface area contributed by atoms with E-state index in [1.54, 1.807) is 24.8 Å². The van der Waals surface area contributed by atoms with Gasteiger partial charge >= 0.3 is 0 Å². The van der Waals surface area contributed by atoms with Gasteiger partial charge in [-0.05, 0) is 17.7 Å². The van der Waals surface area contributed by atoms with Crippen molar-refractivity contribution in [3.05, 3.63) is 43.2 Å². The minimum Gasteiger partial charge on any atom is -0.382 e. The molecule has 0 aliphatic rings. The monoisotopic (exact) mass is 238 g/mol. The highest BCUT2D eigenvalue weighted by atomic mass is 15.2. The summed E-state index contributed by atoms with van der Waals surface area (Å²) in [6.45, 7) is 0. The molecule has 0 aliphatic heterocycles. The summed E-state index contributed by atoms with van der Waals surface area (Å²) in [4.78, 5) is 12.0. The van der Waals surface area contributed by atoms with Gasteiger partial charge in [-0.2, -0.15) is 5.10 Å². The Bertz CT molecular complexity index is 647. The molecule has 0 amide bonds. The average Bonchev–Trinajstić information content (AvgIpc) is 2.83. The fraction of sp³-hybridized carbons (Fsp3) is 0. The maximum atomic E-state index is 5.91. The van der Waals surface area contributed by atoms with Gasteiger partial charge in [-0.3, -0.25) is 10.1 Å². The number of pyridine rings is 1. The molecule has 0 aliphatic carbocycles. The van der Waals surface area contributed by atoms with Crippen molar-refractivity contribution in [2.45, 2.75) is 0 Å². The number of nitrogens with zero attached hydrogens (tertiary/aromatic N) is 4. The smallest absolute Gasteiger partial charge is 0.153 e. The average molecular weight is 238 g/mol. The third kappa shape index (κ3) is 1.69. The molecule has 88 valence electrons. The maximum absolute atomic E-state index is 5.91. The summed E-state index contributed by atoms with van der Waals surface area (Å²) in [7, 11) is 0. The summed E-state index contributed by atoms with van der Waals surface area (Å²) in [5.74, 6) is 0.444. The van der Waals surface area contributed by atoms with Gasteiger partial charge in [0.25, 0.3) is 0 Å². The van der Waals surface area contributed by atoms with E-state index in [0.717, 1.165) is 22.4 Å². The zero-order valence-corrected chi connectivity index (χ0v) is 9.41. The molecule has 18 heavy (non-hydrogen) atoms. The van der Waals surface area contributed by atoms with Crippen LogP contribution in [0.1, 0.15) is 0 Å². The minimum atomic E-state index is 0.444. The number of nitrogen functional groups attached to an aromatic ring is 1. The third-order valence-corrected chi connectivity index (χ3v) is 2.61. The van der Waals surface area contributed by atoms with Crippen molar-refractivity contribution in [1.29, 1.82) is 0 Å². The van der Waals surface area contributed by atoms with Crippen molar-refractivity contribution in [3.63, 3.8) is 0 Å². The van der Waals surface area contributed by atoms with Crippen LogP contribution in [-0.4, -0.2) is 25.1 Å². The van der Waals surface area contributed by atoms with Gasteiger partial charge in [0.1, 0.15) is 6.33 Å². The van der Waals surface area contributed by atoms with Crippen LogP contribution in [0.25, 0.3) is 22.4 Å². The van der Waals surface area contributed by atoms with E-state index in [1.165, 1.54) is 6.33 Å². The SMILES string of the molecule is Nc1n[nH]c(-c2cncnc2)c1-c1ccncc1. The van der Waals surface area contributed by atoms with Crippen LogP contribution < -0.4 is 5.73 Å². The van der Waals surface area contributed by atoms with Crippen molar-refractivity contribution >= 4 is 5.82 Å². The van der Waals surface area contributed by atoms with Crippen molar-refractivity contribution in [1.82, 2.24) is 25.1 Å². The lowest BCUT2D eigenvalue weighted by Gasteiger charge is -2.03. The highest BCUT2D eigenvalue weighted by Crippen LogP contribution is 2.33. The van der Waals surface area contributed by atoms with Crippen LogP contribution in [0.2, 0.25) is 0 Å². The highest BCUT2D eigenvalue weighted by molar-refractivity contribution is 5.87. The molecule has 3 heterocycles. The van der Waals surface area contributed by atoms with Crippen LogP contribution in [0.3, 0.4) is 0 Å². The van der Waals surface area contributed by atoms with Crippen molar-refractivity contribution in [3.8, 4) is 22.4 Å². The summed E-state index contributed by atoms with van der Waals surface area (Å²) >= 11 is 0. The fourth-order valence-corrected chi connectivity index (χ4v) is 1.80. The molecule has 3 aromatic heterocycles. The molecule has 0 spiro atoms. The Hall–Kier alpha value is -2.76. The molecule has 6 heteroatoms. The first-order valence-corrected chi connectivity index (χ1v) is 5.36. The van der Waals surface area contributed by atoms with Crippen LogP contribution in [-0.2, 0) is 0 Å². The predicted octanol–water partition coefficient (Wildman–Crippen LogP) is 1.51. The van der Waals surface area contributed by atoms with Crippen LogP contribution in [0.15, 0.2) is 43.2 Å². The Kier molecular flexibility index (Phi) is 2.45. The highest BCUT2D eigenvalue weighted by Gasteiger charge is 2.14. The number of hydrogen-bond donors (Lipinski definition) is 2. The van der Waals surface area contributed by atoms with Crippen LogP contribution in [0.5, 0.6) is 0 Å². The zero-order chi connectivity index (χ0) is 12.4. The van der Waals surface area contributed by atoms with Gasteiger partial charge in [0.2, 0.25) is 0 Å². The van der Waals surface area contributed by atoms with Crippen molar-refractivity contribution < 1.29 is 0 Å². The van der Waals surface area contributed by atoms with Crippen LogP contribution in [0.4, 0.5) is 5.82 Å². The summed E-state index contributed by atoms with van der Waals surface area (Å²) in [6.07, 6.45) is 8.34. The summed E-state index contributed by atoms with van der Waals surface area (Å²) in [6, 6.07) is 3.77. The molecule has 0 saturated heterocycles. The largest absolute Gasteiger partial charge is 0.382 e. The van der Waals surface area contributed by atoms with E-state index in [4.69, 9.17) is 5.73 Å². The standard InChI is InChI=1S/C12H10N6/c13-12-10(8-1-3-14-4-2-8)11(17-18-12)9-5-15-7-16-6-9/h1-7H,(H3,13,17,18). The van der Waals surface area contributed by atoms with Gasteiger partial charge in [-0.1, -0.05) is 0 Å². The van der Waals surface area contributed by atoms with E-state index in [9.17, 15) is 0 Å². The number of H-pyrrole nitrogens is 1. The Morgan fingerprint density at radius 1 is 0.944 bits per heavy atom. The van der Waals surface area contributed by atoms with Crippen LogP contribution in [0, 0.1) is 0 Å². The first-order valence-electron chi connectivity index (χ1n) is 5.36. The molecule has 0 fully saturated rings. The zero-order valence-electron chi connectivity index (χ0n) is 9.41. The maximum Gasteiger partial charge on any atom is 0.153 e. The van der Waals surface area contributed by atoms with Crippen molar-refractivity contribution in [2.75, 3.05) is 5.73 Å². The minimum absolute atomic E-state index is 0.444. The van der Waals surface area contributed by atoms with Gasteiger partial charge in [-0.15, -0.1) is 0 Å². The van der Waals surface area contributed by atoms with Crippen molar-refractivity contribution in [2.24, 2.45) is 0 Å². The van der Waals surface area contributed by atoms with E-state index in [-0.39, 0.29) is 0 Å². The first kappa shape index (κ1) is 10.4. The topological polar surface area (TPSA) is 93.4 Å². The number of anilines is 1. The Labute approximate surface area is 103 Å². The number of aromatic nitrogens is 5.